The fraction of sp³-hybridized carbons (Fsp3) is 0.333. The molecule has 8 nitrogen and oxygen atoms in total. The van der Waals surface area contributed by atoms with Crippen LogP contribution < -0.4 is 5.32 Å². The number of thiazole rings is 1. The molecule has 1 aliphatic heterocycles. The molecule has 1 saturated heterocycles. The van der Waals surface area contributed by atoms with E-state index >= 15 is 0 Å². The van der Waals surface area contributed by atoms with E-state index < -0.39 is 0 Å². The Bertz CT molecular complexity index is 889. The van der Waals surface area contributed by atoms with Gasteiger partial charge in [0, 0.05) is 30.6 Å². The summed E-state index contributed by atoms with van der Waals surface area (Å²) < 4.78 is 5.41. The van der Waals surface area contributed by atoms with E-state index in [1.54, 1.807) is 11.3 Å². The summed E-state index contributed by atoms with van der Waals surface area (Å²) in [7, 11) is 0. The third kappa shape index (κ3) is 4.76. The Labute approximate surface area is 160 Å². The van der Waals surface area contributed by atoms with E-state index in [0.29, 0.717) is 5.95 Å². The zero-order chi connectivity index (χ0) is 18.5. The summed E-state index contributed by atoms with van der Waals surface area (Å²) in [5.41, 5.74) is 3.08. The van der Waals surface area contributed by atoms with Gasteiger partial charge in [-0.15, -0.1) is 11.3 Å². The van der Waals surface area contributed by atoms with Crippen molar-refractivity contribution in [2.45, 2.75) is 13.0 Å². The van der Waals surface area contributed by atoms with Crippen molar-refractivity contribution in [2.24, 2.45) is 0 Å². The monoisotopic (exact) mass is 384 g/mol. The molecule has 9 heteroatoms. The number of nitrogens with zero attached hydrogens (tertiary/aromatic N) is 4. The lowest BCUT2D eigenvalue weighted by Crippen LogP contribution is -2.35. The number of benzene rings is 1. The molecule has 0 radical (unpaired) electrons. The lowest BCUT2D eigenvalue weighted by Gasteiger charge is -2.26. The highest BCUT2D eigenvalue weighted by molar-refractivity contribution is 7.13. The van der Waals surface area contributed by atoms with Gasteiger partial charge in [-0.1, -0.05) is 18.2 Å². The quantitative estimate of drug-likeness (QED) is 0.674. The first kappa shape index (κ1) is 17.8. The first-order chi connectivity index (χ1) is 13.3. The van der Waals surface area contributed by atoms with Crippen molar-refractivity contribution in [3.05, 3.63) is 47.2 Å². The Hall–Kier alpha value is -2.62. The number of carbonyl (C=O) groups excluding carboxylic acids is 1. The fourth-order valence-corrected chi connectivity index (χ4v) is 3.76. The van der Waals surface area contributed by atoms with Gasteiger partial charge in [-0.3, -0.25) is 15.0 Å². The number of amides is 1. The number of nitrogens with one attached hydrogen (secondary N) is 2. The molecule has 2 aromatic heterocycles. The molecule has 1 amide bonds. The van der Waals surface area contributed by atoms with Crippen LogP contribution >= 0.6 is 11.3 Å². The van der Waals surface area contributed by atoms with Gasteiger partial charge in [0.25, 0.3) is 0 Å². The minimum absolute atomic E-state index is 0.176. The van der Waals surface area contributed by atoms with Crippen LogP contribution in [0.2, 0.25) is 0 Å². The van der Waals surface area contributed by atoms with Crippen LogP contribution in [0.5, 0.6) is 0 Å². The van der Waals surface area contributed by atoms with Crippen molar-refractivity contribution < 1.29 is 9.53 Å². The summed E-state index contributed by atoms with van der Waals surface area (Å²) >= 11 is 1.55. The molecule has 0 aliphatic carbocycles. The highest BCUT2D eigenvalue weighted by Crippen LogP contribution is 2.25. The maximum atomic E-state index is 12.1. The molecule has 2 N–H and O–H groups in total. The second-order valence-corrected chi connectivity index (χ2v) is 7.15. The number of aromatic amines is 1. The smallest absolute Gasteiger partial charge is 0.232 e. The Kier molecular flexibility index (Phi) is 5.52. The molecule has 0 atom stereocenters. The molecule has 3 aromatic rings. The molecule has 140 valence electrons. The number of H-pyrrole nitrogens is 1. The Morgan fingerprint density at radius 1 is 1.33 bits per heavy atom. The molecule has 1 aromatic carbocycles. The molecule has 0 bridgehead atoms. The van der Waals surface area contributed by atoms with Gasteiger partial charge in [0.1, 0.15) is 11.3 Å². The zero-order valence-corrected chi connectivity index (χ0v) is 15.5. The predicted molar refractivity (Wildman–Crippen MR) is 102 cm³/mol. The molecule has 1 fully saturated rings. The third-order valence-electron chi connectivity index (χ3n) is 4.25. The van der Waals surface area contributed by atoms with Gasteiger partial charge in [-0.05, 0) is 11.6 Å². The number of hydrogen-bond acceptors (Lipinski definition) is 7. The van der Waals surface area contributed by atoms with Gasteiger partial charge in [0.15, 0.2) is 0 Å². The number of ether oxygens (including phenoxy) is 1. The van der Waals surface area contributed by atoms with E-state index in [1.165, 1.54) is 11.9 Å². The topological polar surface area (TPSA) is 96.0 Å². The van der Waals surface area contributed by atoms with Gasteiger partial charge >= 0.3 is 0 Å². The normalized spacial score (nSPS) is 15.0. The van der Waals surface area contributed by atoms with Gasteiger partial charge in [0.05, 0.1) is 25.3 Å². The van der Waals surface area contributed by atoms with Gasteiger partial charge < -0.3 is 4.74 Å². The van der Waals surface area contributed by atoms with Crippen LogP contribution in [0.25, 0.3) is 10.6 Å². The lowest BCUT2D eigenvalue weighted by atomic mass is 10.1. The zero-order valence-electron chi connectivity index (χ0n) is 14.7. The van der Waals surface area contributed by atoms with E-state index in [9.17, 15) is 4.79 Å². The Balaban J connectivity index is 1.40. The van der Waals surface area contributed by atoms with Crippen LogP contribution in [0.1, 0.15) is 11.3 Å². The third-order valence-corrected chi connectivity index (χ3v) is 5.19. The van der Waals surface area contributed by atoms with E-state index in [1.807, 2.05) is 5.38 Å². The minimum Gasteiger partial charge on any atom is -0.379 e. The first-order valence-electron chi connectivity index (χ1n) is 8.75. The first-order valence-corrected chi connectivity index (χ1v) is 9.63. The fourth-order valence-electron chi connectivity index (χ4n) is 2.95. The van der Waals surface area contributed by atoms with Gasteiger partial charge in [0.2, 0.25) is 11.9 Å². The second kappa shape index (κ2) is 8.38. The van der Waals surface area contributed by atoms with E-state index in [0.717, 1.165) is 49.1 Å². The van der Waals surface area contributed by atoms with Crippen LogP contribution in [0.4, 0.5) is 5.95 Å². The van der Waals surface area contributed by atoms with E-state index in [-0.39, 0.29) is 12.3 Å². The van der Waals surface area contributed by atoms with Crippen LogP contribution in [0.15, 0.2) is 36.0 Å². The van der Waals surface area contributed by atoms with E-state index in [2.05, 4.69) is 54.6 Å². The summed E-state index contributed by atoms with van der Waals surface area (Å²) in [4.78, 5) is 22.9. The Morgan fingerprint density at radius 2 is 2.22 bits per heavy atom. The largest absolute Gasteiger partial charge is 0.379 e. The van der Waals surface area contributed by atoms with Crippen molar-refractivity contribution in [1.29, 1.82) is 0 Å². The molecule has 4 rings (SSSR count). The summed E-state index contributed by atoms with van der Waals surface area (Å²) in [6, 6.07) is 8.42. The minimum atomic E-state index is -0.176. The van der Waals surface area contributed by atoms with E-state index in [4.69, 9.17) is 4.74 Å². The highest BCUT2D eigenvalue weighted by atomic mass is 32.1. The van der Waals surface area contributed by atoms with Gasteiger partial charge in [-0.2, -0.15) is 10.1 Å². The lowest BCUT2D eigenvalue weighted by molar-refractivity contribution is -0.115. The maximum Gasteiger partial charge on any atom is 0.232 e. The van der Waals surface area contributed by atoms with Crippen LogP contribution in [0, 0.1) is 0 Å². The molecule has 0 saturated carbocycles. The highest BCUT2D eigenvalue weighted by Gasteiger charge is 2.13. The molecule has 0 spiro atoms. The number of rotatable bonds is 6. The average molecular weight is 384 g/mol. The summed E-state index contributed by atoms with van der Waals surface area (Å²) in [6.07, 6.45) is 1.55. The molecule has 3 heterocycles. The summed E-state index contributed by atoms with van der Waals surface area (Å²) in [5, 5.41) is 11.8. The number of morpholine rings is 1. The van der Waals surface area contributed by atoms with Gasteiger partial charge in [-0.25, -0.2) is 10.1 Å². The Morgan fingerprint density at radius 3 is 3.04 bits per heavy atom. The molecular formula is C18H20N6O2S. The summed E-state index contributed by atoms with van der Waals surface area (Å²) in [5.74, 6) is 0.163. The molecular weight excluding hydrogens is 364 g/mol. The SMILES string of the molecule is O=C(Cc1csc(-c2cccc(CN3CCOCC3)c2)n1)Nc1ncn[nH]1. The average Bonchev–Trinajstić information content (AvgIpc) is 3.35. The van der Waals surface area contributed by atoms with Crippen LogP contribution in [0.3, 0.4) is 0 Å². The van der Waals surface area contributed by atoms with Crippen LogP contribution in [-0.4, -0.2) is 57.3 Å². The predicted octanol–water partition coefficient (Wildman–Crippen LogP) is 1.94. The molecule has 27 heavy (non-hydrogen) atoms. The summed E-state index contributed by atoms with van der Waals surface area (Å²) in [6.45, 7) is 4.43. The maximum absolute atomic E-state index is 12.1. The van der Waals surface area contributed by atoms with Crippen molar-refractivity contribution in [3.8, 4) is 10.6 Å². The second-order valence-electron chi connectivity index (χ2n) is 6.29. The molecule has 1 aliphatic rings. The number of aromatic nitrogens is 4. The van der Waals surface area contributed by atoms with Crippen molar-refractivity contribution in [2.75, 3.05) is 31.6 Å². The standard InChI is InChI=1S/C18H20N6O2S/c25-16(22-18-19-12-20-23-18)9-15-11-27-17(21-15)14-3-1-2-13(8-14)10-24-4-6-26-7-5-24/h1-3,8,11-12H,4-7,9-10H2,(H2,19,20,22,23,25). The van der Waals surface area contributed by atoms with Crippen molar-refractivity contribution in [3.63, 3.8) is 0 Å². The van der Waals surface area contributed by atoms with Crippen molar-refractivity contribution >= 4 is 23.2 Å². The van der Waals surface area contributed by atoms with Crippen molar-refractivity contribution in [1.82, 2.24) is 25.1 Å². The number of hydrogen-bond donors (Lipinski definition) is 2. The molecule has 0 unspecified atom stereocenters. The number of anilines is 1. The number of carbonyl (C=O) groups is 1. The van der Waals surface area contributed by atoms with Crippen LogP contribution in [-0.2, 0) is 22.5 Å².